The average molecular weight is 394 g/mol. The number of methoxy groups -OCH3 is 1. The van der Waals surface area contributed by atoms with Crippen LogP contribution in [0.3, 0.4) is 0 Å². The third kappa shape index (κ3) is 5.76. The molecule has 1 atom stereocenters. The van der Waals surface area contributed by atoms with Gasteiger partial charge in [0.25, 0.3) is 5.91 Å². The number of likely N-dealkylation sites (N-methyl/N-ethyl adjacent to an activating group) is 1. The highest BCUT2D eigenvalue weighted by Crippen LogP contribution is 2.24. The molecule has 3 heterocycles. The minimum atomic E-state index is 0.231. The fourth-order valence-corrected chi connectivity index (χ4v) is 5.18. The topological polar surface area (TPSA) is 36.0 Å². The number of thiophene rings is 1. The molecule has 1 amide bonds. The Labute approximate surface area is 168 Å². The third-order valence-electron chi connectivity index (χ3n) is 6.15. The third-order valence-corrected chi connectivity index (χ3v) is 7.01. The van der Waals surface area contributed by atoms with E-state index in [1.807, 2.05) is 17.5 Å². The molecule has 2 fully saturated rings. The number of hydrogen-bond donors (Lipinski definition) is 0. The van der Waals surface area contributed by atoms with Gasteiger partial charge in [0.15, 0.2) is 0 Å². The van der Waals surface area contributed by atoms with Gasteiger partial charge >= 0.3 is 0 Å². The summed E-state index contributed by atoms with van der Waals surface area (Å²) in [5.74, 6) is 0.846. The molecular formula is C21H35N3O2S. The summed E-state index contributed by atoms with van der Waals surface area (Å²) in [6, 6.07) is 4.48. The van der Waals surface area contributed by atoms with Crippen molar-refractivity contribution in [3.8, 4) is 0 Å². The van der Waals surface area contributed by atoms with Crippen LogP contribution in [-0.4, -0.2) is 86.2 Å². The Bertz CT molecular complexity index is 558. The van der Waals surface area contributed by atoms with Gasteiger partial charge in [0.05, 0.1) is 11.5 Å². The van der Waals surface area contributed by atoms with Gasteiger partial charge in [0.1, 0.15) is 0 Å². The van der Waals surface area contributed by atoms with Crippen LogP contribution in [0.4, 0.5) is 0 Å². The van der Waals surface area contributed by atoms with E-state index in [1.165, 1.54) is 32.2 Å². The Morgan fingerprint density at radius 2 is 2.07 bits per heavy atom. The standard InChI is InChI=1S/C21H35N3O2S/c1-3-23-10-4-6-19(23)17-24(21(25)20-7-5-15-27-20)16-18-8-11-22(12-9-18)13-14-26-2/h5,7,15,18-19H,3-4,6,8-14,16-17H2,1-2H3. The van der Waals surface area contributed by atoms with Gasteiger partial charge < -0.3 is 14.5 Å². The van der Waals surface area contributed by atoms with E-state index in [2.05, 4.69) is 21.6 Å². The Hall–Kier alpha value is -0.950. The zero-order chi connectivity index (χ0) is 19.1. The molecule has 0 radical (unpaired) electrons. The molecule has 0 bridgehead atoms. The largest absolute Gasteiger partial charge is 0.383 e. The van der Waals surface area contributed by atoms with Gasteiger partial charge in [-0.3, -0.25) is 9.69 Å². The number of carbonyl (C=O) groups is 1. The Morgan fingerprint density at radius 1 is 1.26 bits per heavy atom. The second-order valence-electron chi connectivity index (χ2n) is 7.89. The molecule has 2 aliphatic heterocycles. The smallest absolute Gasteiger partial charge is 0.263 e. The fraction of sp³-hybridized carbons (Fsp3) is 0.762. The lowest BCUT2D eigenvalue weighted by Gasteiger charge is -2.36. The first kappa shape index (κ1) is 20.8. The lowest BCUT2D eigenvalue weighted by atomic mass is 9.95. The summed E-state index contributed by atoms with van der Waals surface area (Å²) in [4.78, 5) is 21.2. The van der Waals surface area contributed by atoms with Crippen LogP contribution in [0.2, 0.25) is 0 Å². The van der Waals surface area contributed by atoms with Crippen molar-refractivity contribution >= 4 is 17.2 Å². The van der Waals surface area contributed by atoms with Gasteiger partial charge in [-0.25, -0.2) is 0 Å². The molecule has 0 saturated carbocycles. The van der Waals surface area contributed by atoms with Gasteiger partial charge in [-0.2, -0.15) is 0 Å². The van der Waals surface area contributed by atoms with E-state index in [9.17, 15) is 4.79 Å². The maximum atomic E-state index is 13.2. The quantitative estimate of drug-likeness (QED) is 0.646. The summed E-state index contributed by atoms with van der Waals surface area (Å²) in [6.07, 6.45) is 4.84. The molecule has 1 unspecified atom stereocenters. The number of hydrogen-bond acceptors (Lipinski definition) is 5. The average Bonchev–Trinajstić information content (AvgIpc) is 3.38. The van der Waals surface area contributed by atoms with Crippen molar-refractivity contribution in [3.05, 3.63) is 22.4 Å². The number of amides is 1. The monoisotopic (exact) mass is 393 g/mol. The minimum Gasteiger partial charge on any atom is -0.383 e. The molecule has 6 heteroatoms. The van der Waals surface area contributed by atoms with Gasteiger partial charge in [-0.15, -0.1) is 11.3 Å². The molecule has 152 valence electrons. The molecule has 5 nitrogen and oxygen atoms in total. The van der Waals surface area contributed by atoms with E-state index in [4.69, 9.17) is 4.74 Å². The van der Waals surface area contributed by atoms with Crippen molar-refractivity contribution < 1.29 is 9.53 Å². The fourth-order valence-electron chi connectivity index (χ4n) is 4.49. The first-order valence-corrected chi connectivity index (χ1v) is 11.4. The summed E-state index contributed by atoms with van der Waals surface area (Å²) >= 11 is 1.57. The van der Waals surface area contributed by atoms with Gasteiger partial charge in [-0.1, -0.05) is 13.0 Å². The van der Waals surface area contributed by atoms with Crippen LogP contribution in [0, 0.1) is 5.92 Å². The predicted octanol–water partition coefficient (Wildman–Crippen LogP) is 3.03. The number of rotatable bonds is 9. The summed E-state index contributed by atoms with van der Waals surface area (Å²) < 4.78 is 5.21. The van der Waals surface area contributed by atoms with E-state index in [1.54, 1.807) is 18.4 Å². The highest BCUT2D eigenvalue weighted by Gasteiger charge is 2.30. The molecule has 2 aliphatic rings. The SMILES string of the molecule is CCN1CCCC1CN(CC1CCN(CCOC)CC1)C(=O)c1cccs1. The molecule has 3 rings (SSSR count). The van der Waals surface area contributed by atoms with Gasteiger partial charge in [0.2, 0.25) is 0 Å². The van der Waals surface area contributed by atoms with Crippen molar-refractivity contribution in [2.45, 2.75) is 38.6 Å². The van der Waals surface area contributed by atoms with Crippen LogP contribution in [0.25, 0.3) is 0 Å². The molecule has 0 aliphatic carbocycles. The van der Waals surface area contributed by atoms with Crippen molar-refractivity contribution in [2.75, 3.05) is 59.5 Å². The Kier molecular flexibility index (Phi) is 8.12. The molecule has 27 heavy (non-hydrogen) atoms. The van der Waals surface area contributed by atoms with E-state index in [0.29, 0.717) is 12.0 Å². The predicted molar refractivity (Wildman–Crippen MR) is 112 cm³/mol. The lowest BCUT2D eigenvalue weighted by Crippen LogP contribution is -2.46. The van der Waals surface area contributed by atoms with Crippen LogP contribution in [0.15, 0.2) is 17.5 Å². The molecule has 0 N–H and O–H groups in total. The molecule has 0 spiro atoms. The minimum absolute atomic E-state index is 0.231. The van der Waals surface area contributed by atoms with Gasteiger partial charge in [0, 0.05) is 32.8 Å². The van der Waals surface area contributed by atoms with Crippen molar-refractivity contribution in [1.29, 1.82) is 0 Å². The van der Waals surface area contributed by atoms with Crippen LogP contribution in [-0.2, 0) is 4.74 Å². The van der Waals surface area contributed by atoms with Crippen LogP contribution in [0.5, 0.6) is 0 Å². The second-order valence-corrected chi connectivity index (χ2v) is 8.84. The summed E-state index contributed by atoms with van der Waals surface area (Å²) in [6.45, 7) is 10.4. The van der Waals surface area contributed by atoms with Crippen molar-refractivity contribution in [3.63, 3.8) is 0 Å². The number of piperidine rings is 1. The van der Waals surface area contributed by atoms with E-state index in [0.717, 1.165) is 50.8 Å². The molecular weight excluding hydrogens is 358 g/mol. The summed E-state index contributed by atoms with van der Waals surface area (Å²) in [5, 5.41) is 2.01. The highest BCUT2D eigenvalue weighted by molar-refractivity contribution is 7.12. The molecule has 1 aromatic rings. The summed E-state index contributed by atoms with van der Waals surface area (Å²) in [7, 11) is 1.77. The van der Waals surface area contributed by atoms with Crippen molar-refractivity contribution in [2.24, 2.45) is 5.92 Å². The number of carbonyl (C=O) groups excluding carboxylic acids is 1. The second kappa shape index (κ2) is 10.6. The van der Waals surface area contributed by atoms with Gasteiger partial charge in [-0.05, 0) is 69.2 Å². The van der Waals surface area contributed by atoms with E-state index < -0.39 is 0 Å². The first-order chi connectivity index (χ1) is 13.2. The molecule has 1 aromatic heterocycles. The maximum absolute atomic E-state index is 13.2. The Balaban J connectivity index is 1.59. The molecule has 0 aromatic carbocycles. The maximum Gasteiger partial charge on any atom is 0.263 e. The highest BCUT2D eigenvalue weighted by atomic mass is 32.1. The zero-order valence-electron chi connectivity index (χ0n) is 16.9. The normalized spacial score (nSPS) is 22.4. The van der Waals surface area contributed by atoms with E-state index in [-0.39, 0.29) is 5.91 Å². The van der Waals surface area contributed by atoms with Crippen LogP contribution < -0.4 is 0 Å². The summed E-state index contributed by atoms with van der Waals surface area (Å²) in [5.41, 5.74) is 0. The Morgan fingerprint density at radius 3 is 2.74 bits per heavy atom. The van der Waals surface area contributed by atoms with E-state index >= 15 is 0 Å². The van der Waals surface area contributed by atoms with Crippen molar-refractivity contribution in [1.82, 2.24) is 14.7 Å². The number of ether oxygens (including phenoxy) is 1. The zero-order valence-corrected chi connectivity index (χ0v) is 17.8. The lowest BCUT2D eigenvalue weighted by molar-refractivity contribution is 0.0621. The van der Waals surface area contributed by atoms with Crippen LogP contribution in [0.1, 0.15) is 42.3 Å². The van der Waals surface area contributed by atoms with Crippen LogP contribution >= 0.6 is 11.3 Å². The number of likely N-dealkylation sites (tertiary alicyclic amines) is 2. The number of nitrogens with zero attached hydrogens (tertiary/aromatic N) is 3. The first-order valence-electron chi connectivity index (χ1n) is 10.5. The molecule has 2 saturated heterocycles.